The van der Waals surface area contributed by atoms with Gasteiger partial charge in [-0.25, -0.2) is 4.39 Å². The Morgan fingerprint density at radius 3 is 2.62 bits per heavy atom. The second kappa shape index (κ2) is 8.27. The molecule has 2 nitrogen and oxygen atoms in total. The maximum absolute atomic E-state index is 13.8. The molecular formula is C17H19BrFNO. The van der Waals surface area contributed by atoms with Crippen LogP contribution in [0.3, 0.4) is 0 Å². The molecule has 0 bridgehead atoms. The highest BCUT2D eigenvalue weighted by Crippen LogP contribution is 2.18. The minimum atomic E-state index is -0.220. The standard InChI is InChI=1S/C17H19BrFNO/c1-2-20-10-13-7-8-17(19)15(9-13)12-21-11-14-5-3-4-6-16(14)18/h3-9,20H,2,10-12H2,1H3. The number of hydrogen-bond acceptors (Lipinski definition) is 2. The maximum atomic E-state index is 13.8. The molecule has 0 radical (unpaired) electrons. The molecule has 0 saturated heterocycles. The first-order valence-electron chi connectivity index (χ1n) is 7.00. The Bertz CT molecular complexity index is 589. The van der Waals surface area contributed by atoms with Crippen LogP contribution in [0, 0.1) is 5.82 Å². The van der Waals surface area contributed by atoms with Gasteiger partial charge < -0.3 is 10.1 Å². The summed E-state index contributed by atoms with van der Waals surface area (Å²) in [6.07, 6.45) is 0. The summed E-state index contributed by atoms with van der Waals surface area (Å²) in [6.45, 7) is 4.41. The third-order valence-electron chi connectivity index (χ3n) is 3.16. The summed E-state index contributed by atoms with van der Waals surface area (Å²) in [7, 11) is 0. The number of rotatable bonds is 7. The largest absolute Gasteiger partial charge is 0.372 e. The fourth-order valence-electron chi connectivity index (χ4n) is 2.00. The van der Waals surface area contributed by atoms with E-state index in [1.807, 2.05) is 37.3 Å². The van der Waals surface area contributed by atoms with Gasteiger partial charge in [0.25, 0.3) is 0 Å². The normalized spacial score (nSPS) is 10.8. The van der Waals surface area contributed by atoms with Crippen LogP contribution in [0.15, 0.2) is 46.9 Å². The first-order chi connectivity index (χ1) is 10.2. The molecule has 2 aromatic carbocycles. The van der Waals surface area contributed by atoms with Gasteiger partial charge in [-0.3, -0.25) is 0 Å². The first kappa shape index (κ1) is 16.1. The van der Waals surface area contributed by atoms with Gasteiger partial charge in [-0.15, -0.1) is 0 Å². The van der Waals surface area contributed by atoms with Gasteiger partial charge >= 0.3 is 0 Å². The SMILES string of the molecule is CCNCc1ccc(F)c(COCc2ccccc2Br)c1. The van der Waals surface area contributed by atoms with Crippen LogP contribution in [0.4, 0.5) is 4.39 Å². The van der Waals surface area contributed by atoms with E-state index < -0.39 is 0 Å². The fraction of sp³-hybridized carbons (Fsp3) is 0.294. The minimum absolute atomic E-state index is 0.220. The van der Waals surface area contributed by atoms with E-state index in [9.17, 15) is 4.39 Å². The second-order valence-electron chi connectivity index (χ2n) is 4.79. The number of hydrogen-bond donors (Lipinski definition) is 1. The average Bonchev–Trinajstić information content (AvgIpc) is 2.49. The average molecular weight is 352 g/mol. The minimum Gasteiger partial charge on any atom is -0.372 e. The summed E-state index contributed by atoms with van der Waals surface area (Å²) in [6, 6.07) is 13.0. The van der Waals surface area contributed by atoms with Crippen molar-refractivity contribution in [1.29, 1.82) is 0 Å². The van der Waals surface area contributed by atoms with Crippen LogP contribution in [0.1, 0.15) is 23.6 Å². The van der Waals surface area contributed by atoms with Crippen molar-refractivity contribution < 1.29 is 9.13 Å². The van der Waals surface area contributed by atoms with Crippen LogP contribution < -0.4 is 5.32 Å². The number of benzene rings is 2. The van der Waals surface area contributed by atoms with Gasteiger partial charge in [0.1, 0.15) is 5.82 Å². The van der Waals surface area contributed by atoms with Crippen LogP contribution in [0.25, 0.3) is 0 Å². The predicted molar refractivity (Wildman–Crippen MR) is 86.4 cm³/mol. The van der Waals surface area contributed by atoms with Crippen LogP contribution in [-0.2, 0) is 24.5 Å². The van der Waals surface area contributed by atoms with Crippen molar-refractivity contribution in [3.05, 3.63) is 69.4 Å². The summed E-state index contributed by atoms with van der Waals surface area (Å²) in [5.41, 5.74) is 2.72. The van der Waals surface area contributed by atoms with E-state index in [2.05, 4.69) is 21.2 Å². The molecule has 0 fully saturated rings. The van der Waals surface area contributed by atoms with E-state index in [0.29, 0.717) is 12.2 Å². The smallest absolute Gasteiger partial charge is 0.128 e. The predicted octanol–water partition coefficient (Wildman–Crippen LogP) is 4.41. The van der Waals surface area contributed by atoms with Gasteiger partial charge in [0, 0.05) is 16.6 Å². The summed E-state index contributed by atoms with van der Waals surface area (Å²) < 4.78 is 20.4. The quantitative estimate of drug-likeness (QED) is 0.797. The van der Waals surface area contributed by atoms with E-state index in [1.165, 1.54) is 6.07 Å². The van der Waals surface area contributed by atoms with E-state index in [0.717, 1.165) is 28.7 Å². The summed E-state index contributed by atoms with van der Waals surface area (Å²) in [4.78, 5) is 0. The molecule has 0 heterocycles. The van der Waals surface area contributed by atoms with Crippen molar-refractivity contribution in [2.75, 3.05) is 6.54 Å². The molecule has 2 rings (SSSR count). The second-order valence-corrected chi connectivity index (χ2v) is 5.64. The van der Waals surface area contributed by atoms with Crippen LogP contribution >= 0.6 is 15.9 Å². The van der Waals surface area contributed by atoms with E-state index in [-0.39, 0.29) is 12.4 Å². The molecule has 0 saturated carbocycles. The number of ether oxygens (including phenoxy) is 1. The fourth-order valence-corrected chi connectivity index (χ4v) is 2.40. The molecular weight excluding hydrogens is 333 g/mol. The van der Waals surface area contributed by atoms with Crippen molar-refractivity contribution in [2.24, 2.45) is 0 Å². The number of halogens is 2. The molecule has 21 heavy (non-hydrogen) atoms. The molecule has 112 valence electrons. The van der Waals surface area contributed by atoms with Gasteiger partial charge in [-0.2, -0.15) is 0 Å². The van der Waals surface area contributed by atoms with Gasteiger partial charge in [0.2, 0.25) is 0 Å². The van der Waals surface area contributed by atoms with E-state index >= 15 is 0 Å². The van der Waals surface area contributed by atoms with Gasteiger partial charge in [0.15, 0.2) is 0 Å². The number of nitrogens with one attached hydrogen (secondary N) is 1. The zero-order valence-corrected chi connectivity index (χ0v) is 13.6. The van der Waals surface area contributed by atoms with Crippen molar-refractivity contribution in [2.45, 2.75) is 26.7 Å². The first-order valence-corrected chi connectivity index (χ1v) is 7.79. The highest BCUT2D eigenvalue weighted by molar-refractivity contribution is 9.10. The Hall–Kier alpha value is -1.23. The lowest BCUT2D eigenvalue weighted by atomic mass is 10.1. The van der Waals surface area contributed by atoms with E-state index in [4.69, 9.17) is 4.74 Å². The molecule has 0 aliphatic carbocycles. The monoisotopic (exact) mass is 351 g/mol. The van der Waals surface area contributed by atoms with Crippen molar-refractivity contribution in [3.63, 3.8) is 0 Å². The third kappa shape index (κ3) is 4.92. The Morgan fingerprint density at radius 2 is 1.86 bits per heavy atom. The highest BCUT2D eigenvalue weighted by Gasteiger charge is 2.05. The van der Waals surface area contributed by atoms with Crippen molar-refractivity contribution in [1.82, 2.24) is 5.32 Å². The van der Waals surface area contributed by atoms with Gasteiger partial charge in [-0.1, -0.05) is 47.1 Å². The summed E-state index contributed by atoms with van der Waals surface area (Å²) in [5, 5.41) is 3.23. The zero-order chi connectivity index (χ0) is 15.1. The lowest BCUT2D eigenvalue weighted by Crippen LogP contribution is -2.12. The lowest BCUT2D eigenvalue weighted by molar-refractivity contribution is 0.104. The van der Waals surface area contributed by atoms with Gasteiger partial charge in [0.05, 0.1) is 13.2 Å². The highest BCUT2D eigenvalue weighted by atomic mass is 79.9. The third-order valence-corrected chi connectivity index (χ3v) is 3.94. The van der Waals surface area contributed by atoms with Gasteiger partial charge in [-0.05, 0) is 35.9 Å². The van der Waals surface area contributed by atoms with Crippen molar-refractivity contribution >= 4 is 15.9 Å². The lowest BCUT2D eigenvalue weighted by Gasteiger charge is -2.09. The molecule has 0 aliphatic heterocycles. The topological polar surface area (TPSA) is 21.3 Å². The zero-order valence-electron chi connectivity index (χ0n) is 12.0. The Morgan fingerprint density at radius 1 is 1.10 bits per heavy atom. The molecule has 0 unspecified atom stereocenters. The molecule has 1 N–H and O–H groups in total. The van der Waals surface area contributed by atoms with Crippen LogP contribution in [-0.4, -0.2) is 6.54 Å². The molecule has 0 aromatic heterocycles. The molecule has 0 spiro atoms. The molecule has 0 atom stereocenters. The molecule has 4 heteroatoms. The van der Waals surface area contributed by atoms with Crippen LogP contribution in [0.2, 0.25) is 0 Å². The Labute approximate surface area is 133 Å². The Kier molecular flexibility index (Phi) is 6.36. The maximum Gasteiger partial charge on any atom is 0.128 e. The molecule has 0 aliphatic rings. The molecule has 2 aromatic rings. The van der Waals surface area contributed by atoms with E-state index in [1.54, 1.807) is 6.07 Å². The molecule has 0 amide bonds. The van der Waals surface area contributed by atoms with Crippen molar-refractivity contribution in [3.8, 4) is 0 Å². The Balaban J connectivity index is 1.94. The summed E-state index contributed by atoms with van der Waals surface area (Å²) in [5.74, 6) is -0.220. The summed E-state index contributed by atoms with van der Waals surface area (Å²) >= 11 is 3.47. The van der Waals surface area contributed by atoms with Crippen LogP contribution in [0.5, 0.6) is 0 Å².